The lowest BCUT2D eigenvalue weighted by Crippen LogP contribution is -2.28. The molecule has 1 aliphatic rings. The maximum Gasteiger partial charge on any atom is 0.229 e. The van der Waals surface area contributed by atoms with Gasteiger partial charge in [0.15, 0.2) is 0 Å². The van der Waals surface area contributed by atoms with Gasteiger partial charge in [0.1, 0.15) is 0 Å². The quantitative estimate of drug-likeness (QED) is 0.876. The van der Waals surface area contributed by atoms with Crippen LogP contribution >= 0.6 is 15.9 Å². The Balaban J connectivity index is 1.63. The summed E-state index contributed by atoms with van der Waals surface area (Å²) in [5.74, 6) is -0.477. The number of carbonyl (C=O) groups excluding carboxylic acids is 2. The van der Waals surface area contributed by atoms with Crippen LogP contribution < -0.4 is 5.32 Å². The van der Waals surface area contributed by atoms with Crippen molar-refractivity contribution in [3.63, 3.8) is 0 Å². The largest absolute Gasteiger partial charge is 0.336 e. The summed E-state index contributed by atoms with van der Waals surface area (Å²) in [6.45, 7) is 2.85. The molecule has 2 aromatic rings. The minimum Gasteiger partial charge on any atom is -0.336 e. The third-order valence-electron chi connectivity index (χ3n) is 4.05. The fraction of sp³-hybridized carbons (Fsp3) is 0.278. The lowest BCUT2D eigenvalue weighted by Gasteiger charge is -2.16. The molecule has 0 spiro atoms. The first-order valence-corrected chi connectivity index (χ1v) is 8.57. The molecule has 1 fully saturated rings. The van der Waals surface area contributed by atoms with Crippen LogP contribution in [0.4, 0.5) is 5.69 Å². The normalized spacial score (nSPS) is 17.2. The number of aryl methyl sites for hydroxylation is 1. The van der Waals surface area contributed by atoms with E-state index < -0.39 is 0 Å². The lowest BCUT2D eigenvalue weighted by molar-refractivity contribution is -0.128. The number of carbonyl (C=O) groups is 2. The van der Waals surface area contributed by atoms with Gasteiger partial charge >= 0.3 is 0 Å². The van der Waals surface area contributed by atoms with Gasteiger partial charge in [-0.15, -0.1) is 0 Å². The van der Waals surface area contributed by atoms with Crippen LogP contribution in [0.1, 0.15) is 17.7 Å². The number of nitrogens with one attached hydrogen (secondary N) is 1. The molecule has 24 heavy (non-hydrogen) atoms. The SMILES string of the molecule is Cc1ccc(NC(=O)C2CC(=O)N(Cc3ccccn3)C2)c(Br)c1. The summed E-state index contributed by atoms with van der Waals surface area (Å²) in [6.07, 6.45) is 1.94. The maximum absolute atomic E-state index is 12.5. The first-order chi connectivity index (χ1) is 11.5. The van der Waals surface area contributed by atoms with Crippen molar-refractivity contribution in [2.45, 2.75) is 19.9 Å². The summed E-state index contributed by atoms with van der Waals surface area (Å²) in [4.78, 5) is 30.6. The van der Waals surface area contributed by atoms with E-state index in [1.54, 1.807) is 11.1 Å². The van der Waals surface area contributed by atoms with Crippen molar-refractivity contribution in [3.05, 3.63) is 58.3 Å². The highest BCUT2D eigenvalue weighted by atomic mass is 79.9. The van der Waals surface area contributed by atoms with Gasteiger partial charge in [-0.25, -0.2) is 0 Å². The van der Waals surface area contributed by atoms with Crippen LogP contribution in [0.15, 0.2) is 47.1 Å². The molecule has 3 rings (SSSR count). The van der Waals surface area contributed by atoms with Crippen molar-refractivity contribution in [1.29, 1.82) is 0 Å². The molecule has 1 aliphatic heterocycles. The number of hydrogen-bond acceptors (Lipinski definition) is 3. The minimum atomic E-state index is -0.339. The summed E-state index contributed by atoms with van der Waals surface area (Å²) >= 11 is 3.45. The van der Waals surface area contributed by atoms with Crippen LogP contribution in [0.25, 0.3) is 0 Å². The number of nitrogens with zero attached hydrogens (tertiary/aromatic N) is 2. The van der Waals surface area contributed by atoms with Crippen LogP contribution in [-0.2, 0) is 16.1 Å². The number of aromatic nitrogens is 1. The Labute approximate surface area is 149 Å². The highest BCUT2D eigenvalue weighted by Gasteiger charge is 2.34. The maximum atomic E-state index is 12.5. The zero-order chi connectivity index (χ0) is 17.1. The number of likely N-dealkylation sites (tertiary alicyclic amines) is 1. The number of hydrogen-bond donors (Lipinski definition) is 1. The van der Waals surface area contributed by atoms with Crippen LogP contribution in [0.3, 0.4) is 0 Å². The molecule has 1 N–H and O–H groups in total. The molecule has 1 saturated heterocycles. The molecule has 1 atom stereocenters. The Morgan fingerprint density at radius 3 is 2.92 bits per heavy atom. The minimum absolute atomic E-state index is 0.0104. The molecule has 5 nitrogen and oxygen atoms in total. The van der Waals surface area contributed by atoms with Gasteiger partial charge in [-0.2, -0.15) is 0 Å². The Hall–Kier alpha value is -2.21. The first-order valence-electron chi connectivity index (χ1n) is 7.77. The monoisotopic (exact) mass is 387 g/mol. The molecule has 0 bridgehead atoms. The second-order valence-electron chi connectivity index (χ2n) is 5.97. The van der Waals surface area contributed by atoms with E-state index >= 15 is 0 Å². The number of benzene rings is 1. The first kappa shape index (κ1) is 16.6. The number of pyridine rings is 1. The highest BCUT2D eigenvalue weighted by molar-refractivity contribution is 9.10. The smallest absolute Gasteiger partial charge is 0.229 e. The highest BCUT2D eigenvalue weighted by Crippen LogP contribution is 2.26. The predicted molar refractivity (Wildman–Crippen MR) is 95.3 cm³/mol. The van der Waals surface area contributed by atoms with Crippen molar-refractivity contribution in [2.24, 2.45) is 5.92 Å². The van der Waals surface area contributed by atoms with E-state index in [2.05, 4.69) is 26.2 Å². The molecule has 2 amide bonds. The van der Waals surface area contributed by atoms with Gasteiger partial charge in [-0.05, 0) is 52.7 Å². The van der Waals surface area contributed by atoms with Gasteiger partial charge in [0.05, 0.1) is 23.8 Å². The molecule has 1 unspecified atom stereocenters. The van der Waals surface area contributed by atoms with E-state index in [0.29, 0.717) is 13.1 Å². The molecule has 124 valence electrons. The number of anilines is 1. The average Bonchev–Trinajstić information content (AvgIpc) is 2.92. The van der Waals surface area contributed by atoms with Crippen molar-refractivity contribution in [3.8, 4) is 0 Å². The standard InChI is InChI=1S/C18H18BrN3O2/c1-12-5-6-16(15(19)8-12)21-18(24)13-9-17(23)22(10-13)11-14-4-2-3-7-20-14/h2-8,13H,9-11H2,1H3,(H,21,24). The predicted octanol–water partition coefficient (Wildman–Crippen LogP) is 3.14. The van der Waals surface area contributed by atoms with Crippen LogP contribution in [0, 0.1) is 12.8 Å². The summed E-state index contributed by atoms with van der Waals surface area (Å²) in [5.41, 5.74) is 2.66. The van der Waals surface area contributed by atoms with Gasteiger partial charge < -0.3 is 10.2 Å². The number of rotatable bonds is 4. The third kappa shape index (κ3) is 3.82. The molecule has 0 saturated carbocycles. The van der Waals surface area contributed by atoms with Crippen molar-refractivity contribution >= 4 is 33.4 Å². The summed E-state index contributed by atoms with van der Waals surface area (Å²) in [7, 11) is 0. The van der Waals surface area contributed by atoms with Gasteiger partial charge in [0.2, 0.25) is 11.8 Å². The Morgan fingerprint density at radius 1 is 1.38 bits per heavy atom. The molecule has 0 radical (unpaired) electrons. The Morgan fingerprint density at radius 2 is 2.21 bits per heavy atom. The second kappa shape index (κ2) is 7.13. The molecule has 2 heterocycles. The number of halogens is 1. The van der Waals surface area contributed by atoms with Crippen molar-refractivity contribution < 1.29 is 9.59 Å². The average molecular weight is 388 g/mol. The van der Waals surface area contributed by atoms with Crippen molar-refractivity contribution in [1.82, 2.24) is 9.88 Å². The molecular formula is C18H18BrN3O2. The van der Waals surface area contributed by atoms with E-state index in [9.17, 15) is 9.59 Å². The lowest BCUT2D eigenvalue weighted by atomic mass is 10.1. The molecule has 6 heteroatoms. The van der Waals surface area contributed by atoms with E-state index in [4.69, 9.17) is 0 Å². The van der Waals surface area contributed by atoms with Crippen LogP contribution in [0.2, 0.25) is 0 Å². The third-order valence-corrected chi connectivity index (χ3v) is 4.70. The second-order valence-corrected chi connectivity index (χ2v) is 6.82. The van der Waals surface area contributed by atoms with E-state index in [0.717, 1.165) is 21.4 Å². The zero-order valence-electron chi connectivity index (χ0n) is 13.3. The molecule has 0 aliphatic carbocycles. The Bertz CT molecular complexity index is 764. The topological polar surface area (TPSA) is 62.3 Å². The molecule has 1 aromatic carbocycles. The fourth-order valence-corrected chi connectivity index (χ4v) is 3.34. The van der Waals surface area contributed by atoms with Crippen LogP contribution in [0.5, 0.6) is 0 Å². The van der Waals surface area contributed by atoms with Gasteiger partial charge in [-0.1, -0.05) is 12.1 Å². The van der Waals surface area contributed by atoms with Gasteiger partial charge in [0, 0.05) is 23.6 Å². The van der Waals surface area contributed by atoms with E-state index in [-0.39, 0.29) is 24.2 Å². The molecular weight excluding hydrogens is 370 g/mol. The van der Waals surface area contributed by atoms with Gasteiger partial charge in [0.25, 0.3) is 0 Å². The van der Waals surface area contributed by atoms with Crippen molar-refractivity contribution in [2.75, 3.05) is 11.9 Å². The Kier molecular flexibility index (Phi) is 4.94. The summed E-state index contributed by atoms with van der Waals surface area (Å²) in [5, 5.41) is 2.90. The van der Waals surface area contributed by atoms with E-state index in [1.165, 1.54) is 0 Å². The zero-order valence-corrected chi connectivity index (χ0v) is 14.9. The van der Waals surface area contributed by atoms with E-state index in [1.807, 2.05) is 43.3 Å². The summed E-state index contributed by atoms with van der Waals surface area (Å²) < 4.78 is 0.838. The van der Waals surface area contributed by atoms with Crippen LogP contribution in [-0.4, -0.2) is 28.2 Å². The summed E-state index contributed by atoms with van der Waals surface area (Å²) in [6, 6.07) is 11.4. The fourth-order valence-electron chi connectivity index (χ4n) is 2.74. The van der Waals surface area contributed by atoms with Gasteiger partial charge in [-0.3, -0.25) is 14.6 Å². The molecule has 1 aromatic heterocycles. The number of amides is 2.